The third kappa shape index (κ3) is 5.49. The second-order valence-electron chi connectivity index (χ2n) is 7.00. The molecule has 1 fully saturated rings. The van der Waals surface area contributed by atoms with Crippen molar-refractivity contribution in [2.24, 2.45) is 0 Å². The number of ether oxygens (including phenoxy) is 1. The summed E-state index contributed by atoms with van der Waals surface area (Å²) >= 11 is 0. The van der Waals surface area contributed by atoms with E-state index >= 15 is 0 Å². The lowest BCUT2D eigenvalue weighted by molar-refractivity contribution is -0.138. The summed E-state index contributed by atoms with van der Waals surface area (Å²) in [7, 11) is 1.65. The van der Waals surface area contributed by atoms with Gasteiger partial charge in [0.2, 0.25) is 0 Å². The van der Waals surface area contributed by atoms with E-state index in [1.807, 2.05) is 45.6 Å². The number of alkyl halides is 3. The Balaban J connectivity index is 0.00000139. The minimum Gasteiger partial charge on any atom is -0.380 e. The quantitative estimate of drug-likeness (QED) is 0.742. The van der Waals surface area contributed by atoms with E-state index in [4.69, 9.17) is 4.74 Å². The van der Waals surface area contributed by atoms with Crippen LogP contribution in [0.4, 0.5) is 13.2 Å². The van der Waals surface area contributed by atoms with Crippen molar-refractivity contribution in [1.29, 1.82) is 0 Å². The van der Waals surface area contributed by atoms with E-state index in [0.29, 0.717) is 24.2 Å². The zero-order valence-corrected chi connectivity index (χ0v) is 15.6. The van der Waals surface area contributed by atoms with Gasteiger partial charge in [-0.15, -0.1) is 0 Å². The van der Waals surface area contributed by atoms with Gasteiger partial charge in [-0.25, -0.2) is 0 Å². The Morgan fingerprint density at radius 3 is 2.25 bits per heavy atom. The smallest absolute Gasteiger partial charge is 0.380 e. The predicted molar refractivity (Wildman–Crippen MR) is 92.2 cm³/mol. The Morgan fingerprint density at radius 2 is 1.79 bits per heavy atom. The Morgan fingerprint density at radius 1 is 1.17 bits per heavy atom. The van der Waals surface area contributed by atoms with Gasteiger partial charge in [-0.05, 0) is 29.0 Å². The lowest BCUT2D eigenvalue weighted by Crippen LogP contribution is -2.24. The van der Waals surface area contributed by atoms with Crippen molar-refractivity contribution in [3.63, 3.8) is 0 Å². The van der Waals surface area contributed by atoms with Crippen LogP contribution in [0.2, 0.25) is 0 Å². The standard InChI is InChI=1S/C17H24F3NO.C2H6/c1-16(2,3)13-6-5-12(15(9-13)17(18,19)20)10-21-8-7-14(11-21)22-4;1-2/h5-6,9,14H,7-8,10-11H2,1-4H3;1-2H3. The largest absolute Gasteiger partial charge is 0.416 e. The lowest BCUT2D eigenvalue weighted by atomic mass is 9.85. The highest BCUT2D eigenvalue weighted by Crippen LogP contribution is 2.36. The molecule has 1 aliphatic rings. The molecule has 138 valence electrons. The van der Waals surface area contributed by atoms with E-state index in [1.165, 1.54) is 6.07 Å². The molecule has 1 heterocycles. The molecule has 0 amide bonds. The molecule has 0 bridgehead atoms. The molecule has 1 unspecified atom stereocenters. The summed E-state index contributed by atoms with van der Waals surface area (Å²) in [6.45, 7) is 11.5. The third-order valence-corrected chi connectivity index (χ3v) is 4.24. The van der Waals surface area contributed by atoms with Gasteiger partial charge in [-0.3, -0.25) is 4.90 Å². The first kappa shape index (κ1) is 21.0. The molecule has 0 N–H and O–H groups in total. The van der Waals surface area contributed by atoms with Gasteiger partial charge in [0.05, 0.1) is 11.7 Å². The van der Waals surface area contributed by atoms with Gasteiger partial charge < -0.3 is 4.74 Å². The fraction of sp³-hybridized carbons (Fsp3) is 0.684. The highest BCUT2D eigenvalue weighted by molar-refractivity contribution is 5.37. The zero-order valence-electron chi connectivity index (χ0n) is 15.6. The first-order valence-corrected chi connectivity index (χ1v) is 8.57. The number of nitrogens with zero attached hydrogens (tertiary/aromatic N) is 1. The van der Waals surface area contributed by atoms with Crippen LogP contribution < -0.4 is 0 Å². The highest BCUT2D eigenvalue weighted by atomic mass is 19.4. The number of likely N-dealkylation sites (tertiary alicyclic amines) is 1. The monoisotopic (exact) mass is 345 g/mol. The van der Waals surface area contributed by atoms with Crippen molar-refractivity contribution in [1.82, 2.24) is 4.90 Å². The molecule has 0 radical (unpaired) electrons. The van der Waals surface area contributed by atoms with E-state index in [0.717, 1.165) is 13.0 Å². The molecule has 1 saturated heterocycles. The average molecular weight is 345 g/mol. The molecule has 0 aromatic heterocycles. The van der Waals surface area contributed by atoms with E-state index in [9.17, 15) is 13.2 Å². The van der Waals surface area contributed by atoms with Crippen LogP contribution in [-0.4, -0.2) is 31.2 Å². The molecule has 1 aromatic carbocycles. The fourth-order valence-electron chi connectivity index (χ4n) is 2.82. The summed E-state index contributed by atoms with van der Waals surface area (Å²) in [6, 6.07) is 4.75. The van der Waals surface area contributed by atoms with Crippen molar-refractivity contribution in [3.05, 3.63) is 34.9 Å². The number of halogens is 3. The van der Waals surface area contributed by atoms with Crippen molar-refractivity contribution in [2.75, 3.05) is 20.2 Å². The number of benzene rings is 1. The van der Waals surface area contributed by atoms with Crippen LogP contribution in [0.15, 0.2) is 18.2 Å². The molecule has 24 heavy (non-hydrogen) atoms. The van der Waals surface area contributed by atoms with Crippen LogP contribution in [0.5, 0.6) is 0 Å². The summed E-state index contributed by atoms with van der Waals surface area (Å²) in [6.07, 6.45) is -3.32. The van der Waals surface area contributed by atoms with Crippen LogP contribution in [0.3, 0.4) is 0 Å². The Kier molecular flexibility index (Phi) is 7.29. The molecular weight excluding hydrogens is 315 g/mol. The summed E-state index contributed by atoms with van der Waals surface area (Å²) in [4.78, 5) is 2.02. The molecule has 0 spiro atoms. The second-order valence-corrected chi connectivity index (χ2v) is 7.00. The second kappa shape index (κ2) is 8.34. The van der Waals surface area contributed by atoms with Crippen molar-refractivity contribution >= 4 is 0 Å². The van der Waals surface area contributed by atoms with Gasteiger partial charge in [0, 0.05) is 26.7 Å². The van der Waals surface area contributed by atoms with Gasteiger partial charge in [0.25, 0.3) is 0 Å². The van der Waals surface area contributed by atoms with Crippen LogP contribution in [0.25, 0.3) is 0 Å². The normalized spacial score (nSPS) is 19.1. The van der Waals surface area contributed by atoms with Crippen molar-refractivity contribution < 1.29 is 17.9 Å². The summed E-state index contributed by atoms with van der Waals surface area (Å²) in [5, 5.41) is 0. The zero-order chi connectivity index (χ0) is 18.5. The van der Waals surface area contributed by atoms with E-state index < -0.39 is 11.7 Å². The molecule has 2 nitrogen and oxygen atoms in total. The minimum atomic E-state index is -4.32. The molecule has 1 aromatic rings. The predicted octanol–water partition coefficient (Wildman–Crippen LogP) is 5.25. The molecule has 2 rings (SSSR count). The topological polar surface area (TPSA) is 12.5 Å². The number of rotatable bonds is 3. The molecule has 0 aliphatic carbocycles. The highest BCUT2D eigenvalue weighted by Gasteiger charge is 2.35. The number of methoxy groups -OCH3 is 1. The Hall–Kier alpha value is -1.07. The lowest BCUT2D eigenvalue weighted by Gasteiger charge is -2.24. The van der Waals surface area contributed by atoms with Crippen molar-refractivity contribution in [3.8, 4) is 0 Å². The van der Waals surface area contributed by atoms with Gasteiger partial charge >= 0.3 is 6.18 Å². The fourth-order valence-corrected chi connectivity index (χ4v) is 2.82. The molecular formula is C19H30F3NO. The summed E-state index contributed by atoms with van der Waals surface area (Å²) in [5.74, 6) is 0. The van der Waals surface area contributed by atoms with Crippen LogP contribution in [0.1, 0.15) is 57.7 Å². The van der Waals surface area contributed by atoms with Crippen LogP contribution in [0, 0.1) is 0 Å². The van der Waals surface area contributed by atoms with Crippen LogP contribution >= 0.6 is 0 Å². The third-order valence-electron chi connectivity index (χ3n) is 4.24. The Labute approximate surface area is 144 Å². The molecule has 5 heteroatoms. The maximum atomic E-state index is 13.4. The SMILES string of the molecule is CC.COC1CCN(Cc2ccc(C(C)(C)C)cc2C(F)(F)F)C1. The van der Waals surface area contributed by atoms with E-state index in [1.54, 1.807) is 13.2 Å². The first-order chi connectivity index (χ1) is 11.1. The van der Waals surface area contributed by atoms with Crippen molar-refractivity contribution in [2.45, 2.75) is 65.3 Å². The average Bonchev–Trinajstić information content (AvgIpc) is 2.95. The van der Waals surface area contributed by atoms with E-state index in [2.05, 4.69) is 0 Å². The molecule has 1 aliphatic heterocycles. The first-order valence-electron chi connectivity index (χ1n) is 8.57. The minimum absolute atomic E-state index is 0.128. The number of hydrogen-bond donors (Lipinski definition) is 0. The summed E-state index contributed by atoms with van der Waals surface area (Å²) < 4.78 is 45.4. The van der Waals surface area contributed by atoms with Gasteiger partial charge in [-0.1, -0.05) is 46.8 Å². The molecule has 0 saturated carbocycles. The van der Waals surface area contributed by atoms with E-state index in [-0.39, 0.29) is 11.5 Å². The Bertz CT molecular complexity index is 520. The maximum absolute atomic E-state index is 13.4. The van der Waals surface area contributed by atoms with Crippen LogP contribution in [-0.2, 0) is 22.9 Å². The maximum Gasteiger partial charge on any atom is 0.416 e. The van der Waals surface area contributed by atoms with Gasteiger partial charge in [0.1, 0.15) is 0 Å². The molecule has 1 atom stereocenters. The van der Waals surface area contributed by atoms with Gasteiger partial charge in [-0.2, -0.15) is 13.2 Å². The summed E-state index contributed by atoms with van der Waals surface area (Å²) in [5.41, 5.74) is 0.241. The van der Waals surface area contributed by atoms with Gasteiger partial charge in [0.15, 0.2) is 0 Å². The number of hydrogen-bond acceptors (Lipinski definition) is 2.